The maximum absolute atomic E-state index is 12.7. The van der Waals surface area contributed by atoms with Gasteiger partial charge in [0, 0.05) is 17.8 Å². The van der Waals surface area contributed by atoms with Crippen molar-refractivity contribution in [3.8, 4) is 0 Å². The Kier molecular flexibility index (Phi) is 3.19. The summed E-state index contributed by atoms with van der Waals surface area (Å²) in [5.74, 6) is -2.01. The van der Waals surface area contributed by atoms with Crippen molar-refractivity contribution in [2.45, 2.75) is 6.42 Å². The number of anilines is 1. The van der Waals surface area contributed by atoms with Gasteiger partial charge < -0.3 is 10.4 Å². The number of nitro benzene ring substituents is 1. The van der Waals surface area contributed by atoms with Crippen molar-refractivity contribution in [3.05, 3.63) is 46.5 Å². The van der Waals surface area contributed by atoms with Crippen LogP contribution >= 0.6 is 0 Å². The molecule has 2 N–H and O–H groups in total. The highest BCUT2D eigenvalue weighted by molar-refractivity contribution is 5.96. The van der Waals surface area contributed by atoms with Crippen LogP contribution in [-0.2, 0) is 9.59 Å². The highest BCUT2D eigenvalue weighted by Gasteiger charge is 2.62. The Bertz CT molecular complexity index is 774. The van der Waals surface area contributed by atoms with E-state index in [1.165, 1.54) is 18.2 Å². The predicted octanol–water partition coefficient (Wildman–Crippen LogP) is 2.30. The van der Waals surface area contributed by atoms with Gasteiger partial charge in [-0.1, -0.05) is 18.2 Å². The van der Waals surface area contributed by atoms with E-state index in [0.717, 1.165) is 6.42 Å². The standard InChI is InChI=1S/C17H16N2O5/c20-16(18-8-2-1-3-9(6-8)19(23)24)14-10-4-5-11(13-7-12(10)13)15(14)17(21)22/h1-6,10-15H,7H2,(H,18,20)(H,21,22)/t10-,11+,12+,13+,14-,15-/m0/s1. The first-order valence-electron chi connectivity index (χ1n) is 7.94. The van der Waals surface area contributed by atoms with Crippen molar-refractivity contribution in [1.82, 2.24) is 0 Å². The molecule has 0 radical (unpaired) electrons. The van der Waals surface area contributed by atoms with Crippen molar-refractivity contribution in [2.75, 3.05) is 5.32 Å². The molecule has 0 spiro atoms. The van der Waals surface area contributed by atoms with Crippen LogP contribution in [0.15, 0.2) is 36.4 Å². The molecule has 4 aliphatic rings. The van der Waals surface area contributed by atoms with Crippen molar-refractivity contribution in [3.63, 3.8) is 0 Å². The molecule has 2 saturated carbocycles. The van der Waals surface area contributed by atoms with Crippen molar-refractivity contribution in [2.24, 2.45) is 35.5 Å². The molecule has 1 amide bonds. The molecule has 0 heterocycles. The van der Waals surface area contributed by atoms with E-state index in [1.54, 1.807) is 6.07 Å². The summed E-state index contributed by atoms with van der Waals surface area (Å²) in [4.78, 5) is 34.8. The summed E-state index contributed by atoms with van der Waals surface area (Å²) in [6.07, 6.45) is 4.91. The molecule has 7 nitrogen and oxygen atoms in total. The van der Waals surface area contributed by atoms with E-state index in [1.807, 2.05) is 12.2 Å². The number of rotatable bonds is 4. The number of amides is 1. The van der Waals surface area contributed by atoms with Gasteiger partial charge in [0.1, 0.15) is 0 Å². The number of fused-ring (bicyclic) bond motifs is 1. The van der Waals surface area contributed by atoms with E-state index in [-0.39, 0.29) is 23.4 Å². The smallest absolute Gasteiger partial charge is 0.307 e. The number of non-ortho nitro benzene ring substituents is 1. The lowest BCUT2D eigenvalue weighted by Crippen LogP contribution is -2.48. The quantitative estimate of drug-likeness (QED) is 0.501. The molecule has 2 fully saturated rings. The van der Waals surface area contributed by atoms with E-state index in [0.29, 0.717) is 17.5 Å². The maximum Gasteiger partial charge on any atom is 0.307 e. The number of nitrogens with zero attached hydrogens (tertiary/aromatic N) is 1. The van der Waals surface area contributed by atoms with E-state index in [4.69, 9.17) is 0 Å². The second kappa shape index (κ2) is 5.15. The zero-order chi connectivity index (χ0) is 17.0. The number of nitro groups is 1. The topological polar surface area (TPSA) is 110 Å². The van der Waals surface area contributed by atoms with Gasteiger partial charge in [0.05, 0.1) is 16.8 Å². The number of carbonyl (C=O) groups is 2. The third kappa shape index (κ3) is 2.19. The molecule has 7 heteroatoms. The molecule has 1 aromatic rings. The summed E-state index contributed by atoms with van der Waals surface area (Å²) in [5, 5.41) is 23.1. The normalized spacial score (nSPS) is 35.2. The lowest BCUT2D eigenvalue weighted by molar-refractivity contribution is -0.384. The fourth-order valence-electron chi connectivity index (χ4n) is 4.49. The molecule has 124 valence electrons. The fraction of sp³-hybridized carbons (Fsp3) is 0.412. The zero-order valence-electron chi connectivity index (χ0n) is 12.7. The highest BCUT2D eigenvalue weighted by atomic mass is 16.6. The van der Waals surface area contributed by atoms with Crippen LogP contribution in [0.1, 0.15) is 6.42 Å². The largest absolute Gasteiger partial charge is 0.481 e. The van der Waals surface area contributed by atoms with E-state index in [2.05, 4.69) is 5.32 Å². The molecule has 5 rings (SSSR count). The van der Waals surface area contributed by atoms with Gasteiger partial charge in [0.25, 0.3) is 5.69 Å². The minimum Gasteiger partial charge on any atom is -0.481 e. The van der Waals surface area contributed by atoms with Gasteiger partial charge in [-0.05, 0) is 36.2 Å². The average molecular weight is 328 g/mol. The molecule has 0 unspecified atom stereocenters. The van der Waals surface area contributed by atoms with Crippen LogP contribution in [0.4, 0.5) is 11.4 Å². The summed E-state index contributed by atoms with van der Waals surface area (Å²) in [6.45, 7) is 0. The van der Waals surface area contributed by atoms with Crippen LogP contribution in [0, 0.1) is 45.6 Å². The summed E-state index contributed by atoms with van der Waals surface area (Å²) in [6, 6.07) is 5.68. The SMILES string of the molecule is O=C(O)[C@H]1[C@@H]2C=C[C@@H]([C@H]3C[C@H]23)[C@@H]1C(=O)Nc1cccc([N+](=O)[O-])c1. The fourth-order valence-corrected chi connectivity index (χ4v) is 4.49. The van der Waals surface area contributed by atoms with Gasteiger partial charge in [-0.15, -0.1) is 0 Å². The number of hydrogen-bond acceptors (Lipinski definition) is 4. The Balaban J connectivity index is 1.59. The number of carbonyl (C=O) groups excluding carboxylic acids is 1. The van der Waals surface area contributed by atoms with Gasteiger partial charge in [0.2, 0.25) is 5.91 Å². The second-order valence-corrected chi connectivity index (χ2v) is 6.79. The van der Waals surface area contributed by atoms with Crippen molar-refractivity contribution in [1.29, 1.82) is 0 Å². The minimum absolute atomic E-state index is 0.0557. The molecule has 2 bridgehead atoms. The number of carboxylic acids is 1. The molecule has 1 aromatic carbocycles. The van der Waals surface area contributed by atoms with Gasteiger partial charge in [-0.25, -0.2) is 0 Å². The van der Waals surface area contributed by atoms with Crippen molar-refractivity contribution < 1.29 is 19.6 Å². The summed E-state index contributed by atoms with van der Waals surface area (Å²) >= 11 is 0. The van der Waals surface area contributed by atoms with E-state index < -0.39 is 22.7 Å². The molecular weight excluding hydrogens is 312 g/mol. The van der Waals surface area contributed by atoms with E-state index in [9.17, 15) is 24.8 Å². The molecule has 0 aliphatic heterocycles. The Morgan fingerprint density at radius 3 is 2.46 bits per heavy atom. The van der Waals surface area contributed by atoms with Crippen LogP contribution in [0.2, 0.25) is 0 Å². The second-order valence-electron chi connectivity index (χ2n) is 6.79. The third-order valence-corrected chi connectivity index (χ3v) is 5.56. The molecule has 4 aliphatic carbocycles. The van der Waals surface area contributed by atoms with Crippen LogP contribution < -0.4 is 5.32 Å². The first kappa shape index (κ1) is 14.9. The monoisotopic (exact) mass is 328 g/mol. The van der Waals surface area contributed by atoms with Crippen molar-refractivity contribution >= 4 is 23.3 Å². The summed E-state index contributed by atoms with van der Waals surface area (Å²) < 4.78 is 0. The first-order chi connectivity index (χ1) is 11.5. The molecule has 0 aromatic heterocycles. The Morgan fingerprint density at radius 2 is 1.83 bits per heavy atom. The number of aliphatic carboxylic acids is 1. The van der Waals surface area contributed by atoms with Crippen LogP contribution in [-0.4, -0.2) is 21.9 Å². The Hall–Kier alpha value is -2.70. The van der Waals surface area contributed by atoms with Gasteiger partial charge in [-0.2, -0.15) is 0 Å². The summed E-state index contributed by atoms with van der Waals surface area (Å²) in [5.41, 5.74) is 0.200. The lowest BCUT2D eigenvalue weighted by Gasteiger charge is -2.41. The number of carboxylic acid groups (broad SMARTS) is 1. The lowest BCUT2D eigenvalue weighted by atomic mass is 9.62. The Morgan fingerprint density at radius 1 is 1.17 bits per heavy atom. The Labute approximate surface area is 137 Å². The third-order valence-electron chi connectivity index (χ3n) is 5.56. The average Bonchev–Trinajstić information content (AvgIpc) is 3.36. The maximum atomic E-state index is 12.7. The molecule has 6 atom stereocenters. The van der Waals surface area contributed by atoms with Gasteiger partial charge in [0.15, 0.2) is 0 Å². The van der Waals surface area contributed by atoms with Gasteiger partial charge >= 0.3 is 5.97 Å². The van der Waals surface area contributed by atoms with Crippen LogP contribution in [0.5, 0.6) is 0 Å². The predicted molar refractivity (Wildman–Crippen MR) is 84.1 cm³/mol. The molecule has 0 saturated heterocycles. The molecule has 24 heavy (non-hydrogen) atoms. The number of allylic oxidation sites excluding steroid dienone is 2. The summed E-state index contributed by atoms with van der Waals surface area (Å²) in [7, 11) is 0. The van der Waals surface area contributed by atoms with Gasteiger partial charge in [-0.3, -0.25) is 19.7 Å². The highest BCUT2D eigenvalue weighted by Crippen LogP contribution is 2.63. The number of hydrogen-bond donors (Lipinski definition) is 2. The number of benzene rings is 1. The van der Waals surface area contributed by atoms with Crippen LogP contribution in [0.3, 0.4) is 0 Å². The number of nitrogens with one attached hydrogen (secondary N) is 1. The zero-order valence-corrected chi connectivity index (χ0v) is 12.7. The van der Waals surface area contributed by atoms with Crippen LogP contribution in [0.25, 0.3) is 0 Å². The molecular formula is C17H16N2O5. The van der Waals surface area contributed by atoms with E-state index >= 15 is 0 Å². The first-order valence-corrected chi connectivity index (χ1v) is 7.94. The minimum atomic E-state index is -0.945.